The quantitative estimate of drug-likeness (QED) is 0.647. The van der Waals surface area contributed by atoms with E-state index in [0.717, 1.165) is 5.69 Å². The molecule has 1 aromatic heterocycles. The Bertz CT molecular complexity index is 330. The molecule has 0 aliphatic carbocycles. The highest BCUT2D eigenvalue weighted by atomic mass is 16.2. The fourth-order valence-electron chi connectivity index (χ4n) is 0.870. The highest BCUT2D eigenvalue weighted by Gasteiger charge is 2.07. The van der Waals surface area contributed by atoms with Gasteiger partial charge in [-0.15, -0.1) is 0 Å². The van der Waals surface area contributed by atoms with Gasteiger partial charge in [0.2, 0.25) is 5.78 Å². The van der Waals surface area contributed by atoms with E-state index in [4.69, 9.17) is 0 Å². The summed E-state index contributed by atoms with van der Waals surface area (Å²) in [6.45, 7) is 1.56. The molecule has 0 saturated carbocycles. The van der Waals surface area contributed by atoms with E-state index >= 15 is 0 Å². The smallest absolute Gasteiger partial charge is 0.287 e. The Balaban J connectivity index is 2.48. The summed E-state index contributed by atoms with van der Waals surface area (Å²) < 4.78 is 1.64. The Kier molecular flexibility index (Phi) is 2.79. The van der Waals surface area contributed by atoms with Crippen molar-refractivity contribution in [1.82, 2.24) is 15.1 Å². The molecular formula is C8H11N3O2. The number of aromatic nitrogens is 2. The molecule has 0 unspecified atom stereocenters. The van der Waals surface area contributed by atoms with E-state index in [0.29, 0.717) is 6.54 Å². The maximum Gasteiger partial charge on any atom is 0.287 e. The molecule has 1 aromatic rings. The average Bonchev–Trinajstić information content (AvgIpc) is 2.47. The summed E-state index contributed by atoms with van der Waals surface area (Å²) >= 11 is 0. The topological polar surface area (TPSA) is 64.0 Å². The molecule has 1 rings (SSSR count). The number of carbonyl (C=O) groups is 2. The lowest BCUT2D eigenvalue weighted by Crippen LogP contribution is -2.29. The molecule has 0 bridgehead atoms. The summed E-state index contributed by atoms with van der Waals surface area (Å²) in [4.78, 5) is 21.4. The zero-order valence-corrected chi connectivity index (χ0v) is 7.57. The molecule has 1 amide bonds. The third-order valence-electron chi connectivity index (χ3n) is 1.67. The van der Waals surface area contributed by atoms with Gasteiger partial charge in [-0.3, -0.25) is 14.3 Å². The molecule has 0 aliphatic heterocycles. The van der Waals surface area contributed by atoms with Gasteiger partial charge in [0.05, 0.1) is 12.2 Å². The van der Waals surface area contributed by atoms with Crippen molar-refractivity contribution >= 4 is 11.7 Å². The molecule has 5 nitrogen and oxygen atoms in total. The van der Waals surface area contributed by atoms with E-state index in [1.807, 2.05) is 0 Å². The minimum atomic E-state index is -0.568. The lowest BCUT2D eigenvalue weighted by atomic mass is 10.4. The zero-order chi connectivity index (χ0) is 9.84. The molecule has 13 heavy (non-hydrogen) atoms. The summed E-state index contributed by atoms with van der Waals surface area (Å²) in [7, 11) is 1.77. The van der Waals surface area contributed by atoms with Crippen molar-refractivity contribution in [2.75, 3.05) is 0 Å². The minimum Gasteiger partial charge on any atom is -0.344 e. The van der Waals surface area contributed by atoms with Gasteiger partial charge in [-0.2, -0.15) is 5.10 Å². The van der Waals surface area contributed by atoms with Crippen LogP contribution in [-0.4, -0.2) is 21.5 Å². The van der Waals surface area contributed by atoms with E-state index in [2.05, 4.69) is 10.4 Å². The molecule has 0 atom stereocenters. The first-order valence-corrected chi connectivity index (χ1v) is 3.87. The fraction of sp³-hybridized carbons (Fsp3) is 0.375. The van der Waals surface area contributed by atoms with Crippen LogP contribution in [0.3, 0.4) is 0 Å². The molecule has 0 aliphatic rings. The monoisotopic (exact) mass is 181 g/mol. The van der Waals surface area contributed by atoms with Crippen LogP contribution in [0.25, 0.3) is 0 Å². The molecule has 0 fully saturated rings. The maximum atomic E-state index is 10.9. The van der Waals surface area contributed by atoms with Crippen LogP contribution in [0.4, 0.5) is 0 Å². The van der Waals surface area contributed by atoms with Crippen LogP contribution in [0.1, 0.15) is 12.6 Å². The van der Waals surface area contributed by atoms with Gasteiger partial charge in [-0.25, -0.2) is 0 Å². The standard InChI is InChI=1S/C8H11N3O2/c1-6(12)8(13)9-5-7-3-4-10-11(7)2/h3-4H,5H2,1-2H3,(H,9,13). The third kappa shape index (κ3) is 2.40. The van der Waals surface area contributed by atoms with E-state index < -0.39 is 11.7 Å². The van der Waals surface area contributed by atoms with Crippen molar-refractivity contribution in [3.05, 3.63) is 18.0 Å². The molecule has 0 spiro atoms. The van der Waals surface area contributed by atoms with Gasteiger partial charge in [-0.05, 0) is 6.07 Å². The van der Waals surface area contributed by atoms with E-state index in [9.17, 15) is 9.59 Å². The number of carbonyl (C=O) groups excluding carboxylic acids is 2. The lowest BCUT2D eigenvalue weighted by Gasteiger charge is -2.02. The van der Waals surface area contributed by atoms with Crippen LogP contribution in [0.15, 0.2) is 12.3 Å². The van der Waals surface area contributed by atoms with E-state index in [-0.39, 0.29) is 0 Å². The second-order valence-electron chi connectivity index (χ2n) is 2.69. The number of hydrogen-bond acceptors (Lipinski definition) is 3. The Morgan fingerprint density at radius 1 is 1.62 bits per heavy atom. The average molecular weight is 181 g/mol. The van der Waals surface area contributed by atoms with Gasteiger partial charge >= 0.3 is 0 Å². The molecule has 0 radical (unpaired) electrons. The number of rotatable bonds is 3. The van der Waals surface area contributed by atoms with Crippen LogP contribution in [0.5, 0.6) is 0 Å². The number of amides is 1. The predicted octanol–water partition coefficient (Wildman–Crippen LogP) is -0.375. The number of aryl methyl sites for hydroxylation is 1. The van der Waals surface area contributed by atoms with Crippen molar-refractivity contribution in [3.8, 4) is 0 Å². The summed E-state index contributed by atoms with van der Waals surface area (Å²) in [6.07, 6.45) is 1.63. The van der Waals surface area contributed by atoms with Crippen LogP contribution >= 0.6 is 0 Å². The largest absolute Gasteiger partial charge is 0.344 e. The number of ketones is 1. The van der Waals surface area contributed by atoms with Gasteiger partial charge in [0.15, 0.2) is 0 Å². The first-order chi connectivity index (χ1) is 6.11. The predicted molar refractivity (Wildman–Crippen MR) is 45.7 cm³/mol. The first-order valence-electron chi connectivity index (χ1n) is 3.87. The molecule has 1 N–H and O–H groups in total. The van der Waals surface area contributed by atoms with Crippen molar-refractivity contribution in [2.45, 2.75) is 13.5 Å². The second-order valence-corrected chi connectivity index (χ2v) is 2.69. The Morgan fingerprint density at radius 3 is 2.77 bits per heavy atom. The van der Waals surface area contributed by atoms with Crippen LogP contribution in [-0.2, 0) is 23.2 Å². The highest BCUT2D eigenvalue weighted by Crippen LogP contribution is 1.94. The zero-order valence-electron chi connectivity index (χ0n) is 7.57. The first kappa shape index (κ1) is 9.44. The Labute approximate surface area is 75.7 Å². The van der Waals surface area contributed by atoms with Gasteiger partial charge in [0, 0.05) is 20.2 Å². The van der Waals surface area contributed by atoms with Crippen molar-refractivity contribution in [2.24, 2.45) is 7.05 Å². The normalized spacial score (nSPS) is 9.69. The van der Waals surface area contributed by atoms with Crippen molar-refractivity contribution in [3.63, 3.8) is 0 Å². The summed E-state index contributed by atoms with van der Waals surface area (Å²) in [5, 5.41) is 6.40. The van der Waals surface area contributed by atoms with Gasteiger partial charge in [0.25, 0.3) is 5.91 Å². The minimum absolute atomic E-state index is 0.328. The van der Waals surface area contributed by atoms with E-state index in [1.165, 1.54) is 6.92 Å². The summed E-state index contributed by atoms with van der Waals surface area (Å²) in [6, 6.07) is 1.78. The number of nitrogens with zero attached hydrogens (tertiary/aromatic N) is 2. The second kappa shape index (κ2) is 3.84. The molecule has 0 saturated heterocycles. The molecule has 5 heteroatoms. The van der Waals surface area contributed by atoms with Crippen LogP contribution in [0.2, 0.25) is 0 Å². The van der Waals surface area contributed by atoms with Crippen molar-refractivity contribution in [1.29, 1.82) is 0 Å². The number of Topliss-reactive ketones (excluding diaryl/α,β-unsaturated/α-hetero) is 1. The van der Waals surface area contributed by atoms with Gasteiger partial charge < -0.3 is 5.32 Å². The molecular weight excluding hydrogens is 170 g/mol. The third-order valence-corrected chi connectivity index (χ3v) is 1.67. The number of nitrogens with one attached hydrogen (secondary N) is 1. The summed E-state index contributed by atoms with van der Waals surface area (Å²) in [5.41, 5.74) is 0.856. The number of hydrogen-bond donors (Lipinski definition) is 1. The Hall–Kier alpha value is -1.65. The Morgan fingerprint density at radius 2 is 2.31 bits per heavy atom. The van der Waals surface area contributed by atoms with Gasteiger partial charge in [-0.1, -0.05) is 0 Å². The molecule has 70 valence electrons. The van der Waals surface area contributed by atoms with Crippen LogP contribution in [0, 0.1) is 0 Å². The van der Waals surface area contributed by atoms with Gasteiger partial charge in [0.1, 0.15) is 0 Å². The SMILES string of the molecule is CC(=O)C(=O)NCc1ccnn1C. The van der Waals surface area contributed by atoms with Crippen molar-refractivity contribution < 1.29 is 9.59 Å². The highest BCUT2D eigenvalue weighted by molar-refractivity contribution is 6.35. The van der Waals surface area contributed by atoms with E-state index in [1.54, 1.807) is 24.0 Å². The summed E-state index contributed by atoms with van der Waals surface area (Å²) in [5.74, 6) is -1.05. The lowest BCUT2D eigenvalue weighted by molar-refractivity contribution is -0.136. The van der Waals surface area contributed by atoms with Crippen LogP contribution < -0.4 is 5.32 Å². The molecule has 1 heterocycles. The maximum absolute atomic E-state index is 10.9. The fourth-order valence-corrected chi connectivity index (χ4v) is 0.870. The molecule has 0 aromatic carbocycles.